The largest absolute Gasteiger partial charge is 0.486 e. The molecular formula is C27H18O8. The van der Waals surface area contributed by atoms with E-state index >= 15 is 0 Å². The molecule has 0 saturated heterocycles. The standard InChI is InChI=1S/C27H18O8/c28-24-12-17(15-2-5-19-22(11-15)33-13-32-19)25-20(34-24)6-3-16-26(29)23(35-27(16)25)10-14-1-4-18-21(9-14)31-8-7-30-18/h1-6,9-11,17H,7-8,12-13H2/b23-10+. The Morgan fingerprint density at radius 3 is 2.40 bits per heavy atom. The molecule has 7 rings (SSSR count). The van der Waals surface area contributed by atoms with E-state index in [1.165, 1.54) is 0 Å². The van der Waals surface area contributed by atoms with Crippen LogP contribution in [-0.2, 0) is 4.79 Å². The van der Waals surface area contributed by atoms with Crippen molar-refractivity contribution in [1.29, 1.82) is 0 Å². The van der Waals surface area contributed by atoms with Crippen molar-refractivity contribution in [2.75, 3.05) is 20.0 Å². The van der Waals surface area contributed by atoms with Crippen molar-refractivity contribution in [2.24, 2.45) is 0 Å². The summed E-state index contributed by atoms with van der Waals surface area (Å²) < 4.78 is 33.8. The summed E-state index contributed by atoms with van der Waals surface area (Å²) in [5, 5.41) is 0. The third-order valence-corrected chi connectivity index (χ3v) is 6.44. The number of carbonyl (C=O) groups excluding carboxylic acids is 2. The van der Waals surface area contributed by atoms with Crippen molar-refractivity contribution in [3.63, 3.8) is 0 Å². The molecule has 3 aromatic rings. The second kappa shape index (κ2) is 7.53. The van der Waals surface area contributed by atoms with Crippen LogP contribution < -0.4 is 28.4 Å². The van der Waals surface area contributed by atoms with Crippen LogP contribution in [0.5, 0.6) is 34.5 Å². The Kier molecular flexibility index (Phi) is 4.29. The number of hydrogen-bond donors (Lipinski definition) is 0. The van der Waals surface area contributed by atoms with Gasteiger partial charge in [-0.2, -0.15) is 0 Å². The minimum absolute atomic E-state index is 0.113. The summed E-state index contributed by atoms with van der Waals surface area (Å²) in [7, 11) is 0. The van der Waals surface area contributed by atoms with E-state index < -0.39 is 0 Å². The summed E-state index contributed by atoms with van der Waals surface area (Å²) in [5.74, 6) is 2.60. The fourth-order valence-corrected chi connectivity index (χ4v) is 4.82. The number of ketones is 1. The number of rotatable bonds is 2. The van der Waals surface area contributed by atoms with Gasteiger partial charge < -0.3 is 28.4 Å². The molecule has 4 heterocycles. The van der Waals surface area contributed by atoms with Crippen LogP contribution in [0.4, 0.5) is 0 Å². The fourth-order valence-electron chi connectivity index (χ4n) is 4.82. The molecule has 174 valence electrons. The molecule has 0 aromatic heterocycles. The predicted molar refractivity (Wildman–Crippen MR) is 121 cm³/mol. The lowest BCUT2D eigenvalue weighted by Gasteiger charge is -2.26. The van der Waals surface area contributed by atoms with E-state index in [4.69, 9.17) is 28.4 Å². The molecule has 0 bridgehead atoms. The van der Waals surface area contributed by atoms with Gasteiger partial charge in [0.1, 0.15) is 24.7 Å². The molecule has 35 heavy (non-hydrogen) atoms. The molecule has 0 aliphatic carbocycles. The van der Waals surface area contributed by atoms with Gasteiger partial charge in [-0.3, -0.25) is 9.59 Å². The van der Waals surface area contributed by atoms with E-state index in [-0.39, 0.29) is 36.6 Å². The number of esters is 1. The van der Waals surface area contributed by atoms with E-state index in [1.54, 1.807) is 18.2 Å². The summed E-state index contributed by atoms with van der Waals surface area (Å²) in [4.78, 5) is 25.7. The normalized spacial score (nSPS) is 20.2. The number of fused-ring (bicyclic) bond motifs is 5. The van der Waals surface area contributed by atoms with Gasteiger partial charge in [-0.25, -0.2) is 0 Å². The van der Waals surface area contributed by atoms with E-state index in [1.807, 2.05) is 36.4 Å². The third-order valence-electron chi connectivity index (χ3n) is 6.44. The number of hydrogen-bond acceptors (Lipinski definition) is 8. The molecule has 0 amide bonds. The zero-order chi connectivity index (χ0) is 23.5. The van der Waals surface area contributed by atoms with Crippen LogP contribution in [0.25, 0.3) is 6.08 Å². The van der Waals surface area contributed by atoms with Crippen molar-refractivity contribution in [3.8, 4) is 34.5 Å². The number of allylic oxidation sites excluding steroid dienone is 1. The lowest BCUT2D eigenvalue weighted by atomic mass is 9.84. The Morgan fingerprint density at radius 1 is 0.743 bits per heavy atom. The first-order valence-electron chi connectivity index (χ1n) is 11.2. The quantitative estimate of drug-likeness (QED) is 0.312. The molecular weight excluding hydrogens is 452 g/mol. The highest BCUT2D eigenvalue weighted by Gasteiger charge is 2.39. The third kappa shape index (κ3) is 3.21. The van der Waals surface area contributed by atoms with Gasteiger partial charge in [0.15, 0.2) is 28.8 Å². The minimum Gasteiger partial charge on any atom is -0.486 e. The van der Waals surface area contributed by atoms with Gasteiger partial charge in [0.2, 0.25) is 12.6 Å². The average molecular weight is 470 g/mol. The molecule has 4 aliphatic heterocycles. The fraction of sp³-hybridized carbons (Fsp3) is 0.185. The van der Waals surface area contributed by atoms with Crippen molar-refractivity contribution < 1.29 is 38.0 Å². The first-order valence-corrected chi connectivity index (χ1v) is 11.2. The lowest BCUT2D eigenvalue weighted by molar-refractivity contribution is -0.135. The first-order chi connectivity index (χ1) is 17.1. The zero-order valence-electron chi connectivity index (χ0n) is 18.4. The first kappa shape index (κ1) is 20.0. The maximum Gasteiger partial charge on any atom is 0.312 e. The van der Waals surface area contributed by atoms with Gasteiger partial charge in [0.05, 0.1) is 12.0 Å². The topological polar surface area (TPSA) is 89.5 Å². The molecule has 0 saturated carbocycles. The number of benzene rings is 3. The van der Waals surface area contributed by atoms with Gasteiger partial charge in [-0.05, 0) is 53.6 Å². The van der Waals surface area contributed by atoms with E-state index in [2.05, 4.69) is 0 Å². The Labute approximate surface area is 199 Å². The highest BCUT2D eigenvalue weighted by molar-refractivity contribution is 6.15. The van der Waals surface area contributed by atoms with Crippen molar-refractivity contribution in [3.05, 3.63) is 76.5 Å². The Bertz CT molecular complexity index is 1450. The monoisotopic (exact) mass is 470 g/mol. The maximum atomic E-state index is 13.2. The second-order valence-corrected chi connectivity index (χ2v) is 8.54. The summed E-state index contributed by atoms with van der Waals surface area (Å²) in [6, 6.07) is 14.3. The summed E-state index contributed by atoms with van der Waals surface area (Å²) >= 11 is 0. The van der Waals surface area contributed by atoms with Gasteiger partial charge in [0.25, 0.3) is 0 Å². The molecule has 0 radical (unpaired) electrons. The van der Waals surface area contributed by atoms with Gasteiger partial charge in [-0.15, -0.1) is 0 Å². The summed E-state index contributed by atoms with van der Waals surface area (Å²) in [5.41, 5.74) is 2.69. The molecule has 0 spiro atoms. The minimum atomic E-state index is -0.364. The van der Waals surface area contributed by atoms with Crippen LogP contribution >= 0.6 is 0 Å². The van der Waals surface area contributed by atoms with Gasteiger partial charge >= 0.3 is 5.97 Å². The van der Waals surface area contributed by atoms with E-state index in [9.17, 15) is 9.59 Å². The molecule has 1 atom stereocenters. The molecule has 3 aromatic carbocycles. The van der Waals surface area contributed by atoms with Crippen LogP contribution in [0.1, 0.15) is 39.4 Å². The second-order valence-electron chi connectivity index (χ2n) is 8.54. The highest BCUT2D eigenvalue weighted by Crippen LogP contribution is 2.50. The van der Waals surface area contributed by atoms with Gasteiger partial charge in [0, 0.05) is 11.5 Å². The van der Waals surface area contributed by atoms with Crippen molar-refractivity contribution >= 4 is 17.8 Å². The molecule has 0 fully saturated rings. The predicted octanol–water partition coefficient (Wildman–Crippen LogP) is 4.24. The zero-order valence-corrected chi connectivity index (χ0v) is 18.4. The number of ether oxygens (including phenoxy) is 6. The van der Waals surface area contributed by atoms with Gasteiger partial charge in [-0.1, -0.05) is 12.1 Å². The van der Waals surface area contributed by atoms with Crippen LogP contribution in [0.15, 0.2) is 54.3 Å². The lowest BCUT2D eigenvalue weighted by Crippen LogP contribution is -2.21. The molecule has 8 nitrogen and oxygen atoms in total. The van der Waals surface area contributed by atoms with Crippen molar-refractivity contribution in [2.45, 2.75) is 12.3 Å². The van der Waals surface area contributed by atoms with Crippen LogP contribution in [0.3, 0.4) is 0 Å². The summed E-state index contributed by atoms with van der Waals surface area (Å²) in [6.45, 7) is 1.13. The molecule has 0 N–H and O–H groups in total. The Hall–Kier alpha value is -4.46. The Morgan fingerprint density at radius 2 is 1.49 bits per heavy atom. The molecule has 1 unspecified atom stereocenters. The van der Waals surface area contributed by atoms with Crippen LogP contribution in [0, 0.1) is 0 Å². The SMILES string of the molecule is O=C1CC(c2ccc3c(c2)OCO3)c2c(ccc3c2O/C(=C/c2ccc4c(c2)OCCO4)C3=O)O1. The average Bonchev–Trinajstić information content (AvgIpc) is 3.47. The Balaban J connectivity index is 1.29. The summed E-state index contributed by atoms with van der Waals surface area (Å²) in [6.07, 6.45) is 1.79. The molecule has 8 heteroatoms. The smallest absolute Gasteiger partial charge is 0.312 e. The van der Waals surface area contributed by atoms with E-state index in [0.29, 0.717) is 58.8 Å². The van der Waals surface area contributed by atoms with E-state index in [0.717, 1.165) is 11.1 Å². The number of carbonyl (C=O) groups is 2. The molecule has 4 aliphatic rings. The van der Waals surface area contributed by atoms with Crippen LogP contribution in [0.2, 0.25) is 0 Å². The number of Topliss-reactive ketones (excluding diaryl/α,β-unsaturated/α-hetero) is 1. The van der Waals surface area contributed by atoms with Crippen LogP contribution in [-0.4, -0.2) is 31.8 Å². The maximum absolute atomic E-state index is 13.2. The highest BCUT2D eigenvalue weighted by atomic mass is 16.7. The van der Waals surface area contributed by atoms with Crippen molar-refractivity contribution in [1.82, 2.24) is 0 Å².